The molecule has 0 unspecified atom stereocenters. The number of hydrogen-bond donors (Lipinski definition) is 1. The first-order chi connectivity index (χ1) is 13.8. The van der Waals surface area contributed by atoms with Crippen molar-refractivity contribution in [2.75, 3.05) is 58.5 Å². The normalized spacial score (nSPS) is 15.0. The van der Waals surface area contributed by atoms with Crippen LogP contribution in [0.3, 0.4) is 0 Å². The van der Waals surface area contributed by atoms with E-state index < -0.39 is 0 Å². The van der Waals surface area contributed by atoms with Gasteiger partial charge < -0.3 is 24.6 Å². The lowest BCUT2D eigenvalue weighted by atomic mass is 10.2. The van der Waals surface area contributed by atoms with E-state index in [4.69, 9.17) is 9.47 Å². The van der Waals surface area contributed by atoms with Gasteiger partial charge in [-0.25, -0.2) is 0 Å². The van der Waals surface area contributed by atoms with E-state index >= 15 is 0 Å². The zero-order chi connectivity index (χ0) is 19.6. The Labute approximate surface area is 171 Å². The highest BCUT2D eigenvalue weighted by molar-refractivity contribution is 7.14. The summed E-state index contributed by atoms with van der Waals surface area (Å²) >= 11 is 1.80. The van der Waals surface area contributed by atoms with Gasteiger partial charge in [0.15, 0.2) is 5.96 Å². The van der Waals surface area contributed by atoms with Crippen molar-refractivity contribution in [3.63, 3.8) is 0 Å². The van der Waals surface area contributed by atoms with Crippen molar-refractivity contribution in [2.45, 2.75) is 13.0 Å². The van der Waals surface area contributed by atoms with Crippen LogP contribution in [0.1, 0.15) is 12.0 Å². The van der Waals surface area contributed by atoms with E-state index in [2.05, 4.69) is 49.8 Å². The van der Waals surface area contributed by atoms with Crippen LogP contribution in [0.2, 0.25) is 0 Å². The molecule has 1 aliphatic heterocycles. The number of guanidine groups is 1. The lowest BCUT2D eigenvalue weighted by Crippen LogP contribution is -2.52. The van der Waals surface area contributed by atoms with Crippen molar-refractivity contribution in [1.82, 2.24) is 10.2 Å². The van der Waals surface area contributed by atoms with E-state index in [0.717, 1.165) is 57.5 Å². The van der Waals surface area contributed by atoms with Crippen LogP contribution in [0.25, 0.3) is 0 Å². The lowest BCUT2D eigenvalue weighted by Gasteiger charge is -2.37. The minimum Gasteiger partial charge on any atom is -0.493 e. The first-order valence-electron chi connectivity index (χ1n) is 9.75. The molecule has 0 amide bonds. The largest absolute Gasteiger partial charge is 0.493 e. The Bertz CT molecular complexity index is 728. The second kappa shape index (κ2) is 10.9. The fraction of sp³-hybridized carbons (Fsp3) is 0.476. The molecule has 1 fully saturated rings. The van der Waals surface area contributed by atoms with Crippen LogP contribution in [0.5, 0.6) is 5.75 Å². The Hall–Kier alpha value is -2.25. The summed E-state index contributed by atoms with van der Waals surface area (Å²) in [6.45, 7) is 6.10. The van der Waals surface area contributed by atoms with Crippen molar-refractivity contribution in [2.24, 2.45) is 4.99 Å². The summed E-state index contributed by atoms with van der Waals surface area (Å²) in [6.07, 6.45) is 0.892. The predicted octanol–water partition coefficient (Wildman–Crippen LogP) is 3.06. The SMILES string of the molecule is CN=C(NCc1cccc(OCCCOC)c1)N1CCN(c2cccs2)CC1. The summed E-state index contributed by atoms with van der Waals surface area (Å²) < 4.78 is 10.8. The molecule has 1 N–H and O–H groups in total. The smallest absolute Gasteiger partial charge is 0.194 e. The van der Waals surface area contributed by atoms with Crippen molar-refractivity contribution < 1.29 is 9.47 Å². The highest BCUT2D eigenvalue weighted by atomic mass is 32.1. The number of piperazine rings is 1. The molecular weight excluding hydrogens is 372 g/mol. The number of methoxy groups -OCH3 is 1. The van der Waals surface area contributed by atoms with Crippen molar-refractivity contribution in [3.05, 3.63) is 47.3 Å². The van der Waals surface area contributed by atoms with Crippen LogP contribution >= 0.6 is 11.3 Å². The summed E-state index contributed by atoms with van der Waals surface area (Å²) in [5, 5.41) is 6.98. The van der Waals surface area contributed by atoms with Crippen LogP contribution in [-0.4, -0.2) is 64.4 Å². The minimum atomic E-state index is 0.668. The maximum atomic E-state index is 5.79. The molecular formula is C21H30N4O2S. The van der Waals surface area contributed by atoms with Crippen LogP contribution in [0.15, 0.2) is 46.8 Å². The number of thiophene rings is 1. The van der Waals surface area contributed by atoms with Crippen molar-refractivity contribution >= 4 is 22.3 Å². The second-order valence-corrected chi connectivity index (χ2v) is 7.59. The predicted molar refractivity (Wildman–Crippen MR) is 117 cm³/mol. The van der Waals surface area contributed by atoms with E-state index in [0.29, 0.717) is 6.61 Å². The molecule has 0 bridgehead atoms. The van der Waals surface area contributed by atoms with E-state index in [1.165, 1.54) is 10.6 Å². The molecule has 0 spiro atoms. The summed E-state index contributed by atoms with van der Waals surface area (Å²) in [5.41, 5.74) is 1.18. The van der Waals surface area contributed by atoms with Gasteiger partial charge in [0.25, 0.3) is 0 Å². The molecule has 1 aliphatic rings. The Morgan fingerprint density at radius 1 is 1.14 bits per heavy atom. The van der Waals surface area contributed by atoms with Crippen LogP contribution in [-0.2, 0) is 11.3 Å². The molecule has 0 aliphatic carbocycles. The zero-order valence-corrected chi connectivity index (χ0v) is 17.6. The maximum absolute atomic E-state index is 5.79. The van der Waals surface area contributed by atoms with Gasteiger partial charge in [-0.15, -0.1) is 11.3 Å². The van der Waals surface area contributed by atoms with Crippen molar-refractivity contribution in [3.8, 4) is 5.75 Å². The molecule has 0 saturated carbocycles. The lowest BCUT2D eigenvalue weighted by molar-refractivity contribution is 0.172. The zero-order valence-electron chi connectivity index (χ0n) is 16.8. The molecule has 152 valence electrons. The molecule has 0 atom stereocenters. The molecule has 1 saturated heterocycles. The second-order valence-electron chi connectivity index (χ2n) is 6.67. The van der Waals surface area contributed by atoms with Crippen molar-refractivity contribution in [1.29, 1.82) is 0 Å². The quantitative estimate of drug-likeness (QED) is 0.418. The van der Waals surface area contributed by atoms with E-state index in [1.807, 2.05) is 19.2 Å². The molecule has 2 aromatic rings. The van der Waals surface area contributed by atoms with Crippen LogP contribution in [0.4, 0.5) is 5.00 Å². The topological polar surface area (TPSA) is 49.3 Å². The van der Waals surface area contributed by atoms with Gasteiger partial charge in [-0.2, -0.15) is 0 Å². The first kappa shape index (κ1) is 20.5. The summed E-state index contributed by atoms with van der Waals surface area (Å²) in [5.74, 6) is 1.85. The van der Waals surface area contributed by atoms with E-state index in [-0.39, 0.29) is 0 Å². The standard InChI is InChI=1S/C21H30N4O2S/c1-22-21(25-11-9-24(10-12-25)20-8-4-15-28-20)23-17-18-6-3-7-19(16-18)27-14-5-13-26-2/h3-4,6-8,15-16H,5,9-14,17H2,1-2H3,(H,22,23). The third-order valence-electron chi connectivity index (χ3n) is 4.72. The van der Waals surface area contributed by atoms with Gasteiger partial charge in [0.2, 0.25) is 0 Å². The number of nitrogens with zero attached hydrogens (tertiary/aromatic N) is 3. The monoisotopic (exact) mass is 402 g/mol. The number of benzene rings is 1. The average Bonchev–Trinajstić information content (AvgIpc) is 3.27. The third kappa shape index (κ3) is 5.87. The Balaban J connectivity index is 1.47. The number of ether oxygens (including phenoxy) is 2. The fourth-order valence-corrected chi connectivity index (χ4v) is 4.03. The number of aliphatic imine (C=N–C) groups is 1. The molecule has 0 radical (unpaired) electrons. The van der Waals surface area contributed by atoms with Gasteiger partial charge >= 0.3 is 0 Å². The number of rotatable bonds is 8. The fourth-order valence-electron chi connectivity index (χ4n) is 3.24. The molecule has 3 rings (SSSR count). The summed E-state index contributed by atoms with van der Waals surface area (Å²) in [6, 6.07) is 12.5. The van der Waals surface area contributed by atoms with Gasteiger partial charge in [-0.3, -0.25) is 4.99 Å². The summed E-state index contributed by atoms with van der Waals surface area (Å²) in [7, 11) is 3.56. The maximum Gasteiger partial charge on any atom is 0.194 e. The minimum absolute atomic E-state index is 0.668. The molecule has 1 aromatic carbocycles. The van der Waals surface area contributed by atoms with Gasteiger partial charge in [0.05, 0.1) is 11.6 Å². The molecule has 7 heteroatoms. The highest BCUT2D eigenvalue weighted by Crippen LogP contribution is 2.22. The van der Waals surface area contributed by atoms with Crippen LogP contribution in [0, 0.1) is 0 Å². The van der Waals surface area contributed by atoms with Gasteiger partial charge in [-0.1, -0.05) is 12.1 Å². The number of nitrogens with one attached hydrogen (secondary N) is 1. The van der Waals surface area contributed by atoms with E-state index in [9.17, 15) is 0 Å². The molecule has 28 heavy (non-hydrogen) atoms. The molecule has 6 nitrogen and oxygen atoms in total. The molecule has 2 heterocycles. The Morgan fingerprint density at radius 2 is 2.00 bits per heavy atom. The average molecular weight is 403 g/mol. The Morgan fingerprint density at radius 3 is 2.71 bits per heavy atom. The molecule has 1 aromatic heterocycles. The number of anilines is 1. The van der Waals surface area contributed by atoms with Gasteiger partial charge in [-0.05, 0) is 35.2 Å². The highest BCUT2D eigenvalue weighted by Gasteiger charge is 2.20. The van der Waals surface area contributed by atoms with Gasteiger partial charge in [0.1, 0.15) is 5.75 Å². The number of hydrogen-bond acceptors (Lipinski definition) is 5. The third-order valence-corrected chi connectivity index (χ3v) is 5.65. The van der Waals surface area contributed by atoms with Gasteiger partial charge in [0, 0.05) is 59.9 Å². The Kier molecular flexibility index (Phi) is 7.99. The van der Waals surface area contributed by atoms with E-state index in [1.54, 1.807) is 18.4 Å². The summed E-state index contributed by atoms with van der Waals surface area (Å²) in [4.78, 5) is 9.25. The first-order valence-corrected chi connectivity index (χ1v) is 10.6. The van der Waals surface area contributed by atoms with Crippen LogP contribution < -0.4 is 15.0 Å².